The van der Waals surface area contributed by atoms with E-state index in [1.54, 1.807) is 4.90 Å². The molecular weight excluding hydrogens is 448 g/mol. The lowest BCUT2D eigenvalue weighted by molar-refractivity contribution is -0.148. The molecule has 8 nitrogen and oxygen atoms in total. The van der Waals surface area contributed by atoms with Crippen LogP contribution in [-0.4, -0.2) is 66.9 Å². The van der Waals surface area contributed by atoms with Crippen LogP contribution in [0.15, 0.2) is 48.5 Å². The first kappa shape index (κ1) is 24.7. The predicted molar refractivity (Wildman–Crippen MR) is 130 cm³/mol. The molecular formula is C27H32N2O6. The molecule has 8 heteroatoms. The topological polar surface area (TPSA) is 105 Å². The summed E-state index contributed by atoms with van der Waals surface area (Å²) >= 11 is 0. The quantitative estimate of drug-likeness (QED) is 0.568. The van der Waals surface area contributed by atoms with E-state index >= 15 is 0 Å². The zero-order valence-corrected chi connectivity index (χ0v) is 19.9. The summed E-state index contributed by atoms with van der Waals surface area (Å²) in [5.74, 6) is -1.03. The minimum absolute atomic E-state index is 0.00299. The Labute approximate surface area is 205 Å². The van der Waals surface area contributed by atoms with Crippen molar-refractivity contribution in [1.29, 1.82) is 0 Å². The van der Waals surface area contributed by atoms with Gasteiger partial charge in [-0.15, -0.1) is 0 Å². The Kier molecular flexibility index (Phi) is 8.02. The van der Waals surface area contributed by atoms with Gasteiger partial charge in [0.2, 0.25) is 5.91 Å². The zero-order chi connectivity index (χ0) is 24.8. The van der Waals surface area contributed by atoms with Crippen molar-refractivity contribution in [3.8, 4) is 11.1 Å². The maximum Gasteiger partial charge on any atom is 0.407 e. The molecule has 1 heterocycles. The number of benzene rings is 2. The molecule has 1 fully saturated rings. The van der Waals surface area contributed by atoms with E-state index in [0.29, 0.717) is 19.7 Å². The normalized spacial score (nSPS) is 17.9. The maximum absolute atomic E-state index is 12.8. The number of hydrogen-bond acceptors (Lipinski definition) is 5. The van der Waals surface area contributed by atoms with Crippen LogP contribution in [0.25, 0.3) is 11.1 Å². The molecule has 2 unspecified atom stereocenters. The van der Waals surface area contributed by atoms with Crippen LogP contribution in [-0.2, 0) is 19.1 Å². The monoisotopic (exact) mass is 480 g/mol. The van der Waals surface area contributed by atoms with Gasteiger partial charge in [-0.1, -0.05) is 61.9 Å². The Balaban J connectivity index is 1.26. The molecule has 2 aromatic rings. The van der Waals surface area contributed by atoms with E-state index < -0.39 is 18.2 Å². The molecule has 2 atom stereocenters. The lowest BCUT2D eigenvalue weighted by atomic mass is 9.98. The third-order valence-corrected chi connectivity index (χ3v) is 6.81. The summed E-state index contributed by atoms with van der Waals surface area (Å²) in [6, 6.07) is 16.4. The number of ether oxygens (including phenoxy) is 2. The second-order valence-corrected chi connectivity index (χ2v) is 9.12. The molecule has 1 aliphatic carbocycles. The van der Waals surface area contributed by atoms with E-state index in [0.717, 1.165) is 17.5 Å². The van der Waals surface area contributed by atoms with Crippen LogP contribution in [0.3, 0.4) is 0 Å². The molecule has 2 N–H and O–H groups in total. The van der Waals surface area contributed by atoms with E-state index in [2.05, 4.69) is 29.6 Å². The number of nitrogens with zero attached hydrogens (tertiary/aromatic N) is 1. The Bertz CT molecular complexity index is 1030. The van der Waals surface area contributed by atoms with Gasteiger partial charge in [-0.3, -0.25) is 9.59 Å². The summed E-state index contributed by atoms with van der Waals surface area (Å²) in [5.41, 5.74) is 4.67. The van der Waals surface area contributed by atoms with Crippen molar-refractivity contribution in [2.75, 3.05) is 32.8 Å². The summed E-state index contributed by atoms with van der Waals surface area (Å²) in [6.45, 7) is 3.62. The molecule has 186 valence electrons. The van der Waals surface area contributed by atoms with E-state index in [9.17, 15) is 14.4 Å². The van der Waals surface area contributed by atoms with Gasteiger partial charge in [0.1, 0.15) is 6.61 Å². The molecule has 1 saturated heterocycles. The molecule has 4 rings (SSSR count). The van der Waals surface area contributed by atoms with Gasteiger partial charge in [0.05, 0.1) is 19.1 Å². The number of carbonyl (C=O) groups excluding carboxylic acids is 2. The SMILES string of the molecule is CCC(CNC(=O)OCC1c2ccccc2-c2ccccc21)CC(=O)N1CCOC(CC(=O)O)C1. The van der Waals surface area contributed by atoms with Crippen LogP contribution < -0.4 is 5.32 Å². The highest BCUT2D eigenvalue weighted by atomic mass is 16.5. The third-order valence-electron chi connectivity index (χ3n) is 6.81. The van der Waals surface area contributed by atoms with Crippen LogP contribution in [0, 0.1) is 5.92 Å². The summed E-state index contributed by atoms with van der Waals surface area (Å²) in [4.78, 5) is 37.8. The first-order chi connectivity index (χ1) is 17.0. The number of fused-ring (bicyclic) bond motifs is 3. The maximum atomic E-state index is 12.8. The van der Waals surface area contributed by atoms with Crippen molar-refractivity contribution in [3.63, 3.8) is 0 Å². The second-order valence-electron chi connectivity index (χ2n) is 9.12. The molecule has 0 aromatic heterocycles. The van der Waals surface area contributed by atoms with Gasteiger partial charge >= 0.3 is 12.1 Å². The Hall–Kier alpha value is -3.39. The van der Waals surface area contributed by atoms with Crippen molar-refractivity contribution in [3.05, 3.63) is 59.7 Å². The van der Waals surface area contributed by atoms with Gasteiger partial charge in [0, 0.05) is 32.0 Å². The molecule has 35 heavy (non-hydrogen) atoms. The number of aliphatic carboxylic acids is 1. The van der Waals surface area contributed by atoms with Gasteiger partial charge in [0.25, 0.3) is 0 Å². The van der Waals surface area contributed by atoms with Crippen molar-refractivity contribution in [1.82, 2.24) is 10.2 Å². The summed E-state index contributed by atoms with van der Waals surface area (Å²) in [7, 11) is 0. The summed E-state index contributed by atoms with van der Waals surface area (Å²) in [5, 5.41) is 11.8. The fourth-order valence-corrected chi connectivity index (χ4v) is 4.88. The Morgan fingerprint density at radius 1 is 1.11 bits per heavy atom. The standard InChI is InChI=1S/C27H32N2O6/c1-2-18(13-25(30)29-11-12-34-19(16-29)14-26(31)32)15-28-27(33)35-17-24-22-9-5-3-7-20(22)21-8-4-6-10-23(21)24/h3-10,18-19,24H,2,11-17H2,1H3,(H,28,33)(H,31,32). The van der Waals surface area contributed by atoms with E-state index in [1.165, 1.54) is 11.1 Å². The van der Waals surface area contributed by atoms with Gasteiger partial charge in [-0.05, 0) is 28.2 Å². The van der Waals surface area contributed by atoms with E-state index in [4.69, 9.17) is 14.6 Å². The predicted octanol–water partition coefficient (Wildman–Crippen LogP) is 3.64. The van der Waals surface area contributed by atoms with Crippen LogP contribution in [0.1, 0.15) is 43.2 Å². The largest absolute Gasteiger partial charge is 0.481 e. The van der Waals surface area contributed by atoms with Crippen LogP contribution in [0.2, 0.25) is 0 Å². The molecule has 2 aliphatic rings. The highest BCUT2D eigenvalue weighted by Crippen LogP contribution is 2.44. The van der Waals surface area contributed by atoms with Crippen LogP contribution >= 0.6 is 0 Å². The van der Waals surface area contributed by atoms with Gasteiger partial charge < -0.3 is 24.8 Å². The molecule has 0 spiro atoms. The first-order valence-electron chi connectivity index (χ1n) is 12.2. The first-order valence-corrected chi connectivity index (χ1v) is 12.2. The molecule has 0 radical (unpaired) electrons. The number of morpholine rings is 1. The number of rotatable bonds is 9. The average molecular weight is 481 g/mol. The van der Waals surface area contributed by atoms with E-state index in [1.807, 2.05) is 31.2 Å². The van der Waals surface area contributed by atoms with Gasteiger partial charge in [-0.25, -0.2) is 4.79 Å². The highest BCUT2D eigenvalue weighted by Gasteiger charge is 2.30. The van der Waals surface area contributed by atoms with Crippen LogP contribution in [0.4, 0.5) is 4.79 Å². The van der Waals surface area contributed by atoms with Crippen molar-refractivity contribution >= 4 is 18.0 Å². The number of carboxylic acids is 1. The van der Waals surface area contributed by atoms with Crippen molar-refractivity contribution in [2.45, 2.75) is 38.2 Å². The molecule has 2 amide bonds. The van der Waals surface area contributed by atoms with Crippen molar-refractivity contribution < 1.29 is 29.0 Å². The van der Waals surface area contributed by atoms with Crippen molar-refractivity contribution in [2.24, 2.45) is 5.92 Å². The van der Waals surface area contributed by atoms with E-state index in [-0.39, 0.29) is 43.7 Å². The number of hydrogen-bond donors (Lipinski definition) is 2. The smallest absolute Gasteiger partial charge is 0.407 e. The summed E-state index contributed by atoms with van der Waals surface area (Å²) < 4.78 is 11.0. The molecule has 0 saturated carbocycles. The molecule has 1 aliphatic heterocycles. The Morgan fingerprint density at radius 2 is 1.77 bits per heavy atom. The second kappa shape index (κ2) is 11.4. The summed E-state index contributed by atoms with van der Waals surface area (Å²) in [6.07, 6.45) is -0.0994. The van der Waals surface area contributed by atoms with Gasteiger partial charge in [0.15, 0.2) is 0 Å². The molecule has 0 bridgehead atoms. The number of amides is 2. The van der Waals surface area contributed by atoms with Crippen LogP contribution in [0.5, 0.6) is 0 Å². The Morgan fingerprint density at radius 3 is 2.40 bits per heavy atom. The minimum atomic E-state index is -0.942. The number of alkyl carbamates (subject to hydrolysis) is 1. The lowest BCUT2D eigenvalue weighted by Crippen LogP contribution is -2.47. The lowest BCUT2D eigenvalue weighted by Gasteiger charge is -2.33. The fraction of sp³-hybridized carbons (Fsp3) is 0.444. The minimum Gasteiger partial charge on any atom is -0.481 e. The molecule has 2 aromatic carbocycles. The number of carbonyl (C=O) groups is 3. The highest BCUT2D eigenvalue weighted by molar-refractivity contribution is 5.79. The zero-order valence-electron chi connectivity index (χ0n) is 19.9. The number of nitrogens with one attached hydrogen (secondary N) is 1. The van der Waals surface area contributed by atoms with Gasteiger partial charge in [-0.2, -0.15) is 0 Å². The third kappa shape index (κ3) is 6.00. The average Bonchev–Trinajstić information content (AvgIpc) is 3.18. The number of carboxylic acid groups (broad SMARTS) is 1. The fourth-order valence-electron chi connectivity index (χ4n) is 4.88.